The molecule has 2 aliphatic rings. The second kappa shape index (κ2) is 7.93. The van der Waals surface area contributed by atoms with E-state index in [9.17, 15) is 9.59 Å². The molecule has 2 fully saturated rings. The van der Waals surface area contributed by atoms with Crippen LogP contribution in [0.25, 0.3) is 0 Å². The average molecular weight is 404 g/mol. The molecule has 0 radical (unpaired) electrons. The minimum Gasteiger partial charge on any atom is -0.368 e. The number of ether oxygens (including phenoxy) is 1. The number of nitrogens with zero attached hydrogens (tertiary/aromatic N) is 2. The molecule has 2 amide bonds. The van der Waals surface area contributed by atoms with Gasteiger partial charge < -0.3 is 19.5 Å². The molecule has 1 aromatic heterocycles. The Kier molecular flexibility index (Phi) is 5.37. The van der Waals surface area contributed by atoms with Crippen molar-refractivity contribution in [3.8, 4) is 0 Å². The molecule has 0 spiro atoms. The van der Waals surface area contributed by atoms with Crippen LogP contribution in [0.5, 0.6) is 0 Å². The molecular weight excluding hydrogens is 382 g/mol. The highest BCUT2D eigenvalue weighted by molar-refractivity contribution is 6.30. The first-order valence-corrected chi connectivity index (χ1v) is 9.76. The van der Waals surface area contributed by atoms with E-state index in [0.717, 1.165) is 18.4 Å². The first-order valence-electron chi connectivity index (χ1n) is 9.38. The van der Waals surface area contributed by atoms with Crippen molar-refractivity contribution in [2.45, 2.75) is 31.9 Å². The number of carbonyl (C=O) groups is 2. The SMILES string of the molecule is O=C([C@H]1CCCO1)N1CC(Cc2ccc(Cl)cc2)(C(=O)NCc2ccon2)C1. The Hall–Kier alpha value is -2.38. The van der Waals surface area contributed by atoms with Gasteiger partial charge in [0.25, 0.3) is 5.91 Å². The minimum atomic E-state index is -0.675. The van der Waals surface area contributed by atoms with Gasteiger partial charge in [0.2, 0.25) is 5.91 Å². The van der Waals surface area contributed by atoms with Gasteiger partial charge in [-0.2, -0.15) is 0 Å². The monoisotopic (exact) mass is 403 g/mol. The minimum absolute atomic E-state index is 0.0199. The number of carbonyl (C=O) groups excluding carboxylic acids is 2. The quantitative estimate of drug-likeness (QED) is 0.799. The van der Waals surface area contributed by atoms with Gasteiger partial charge in [0.15, 0.2) is 0 Å². The van der Waals surface area contributed by atoms with Crippen LogP contribution in [-0.4, -0.2) is 47.7 Å². The Bertz CT molecular complexity index is 826. The van der Waals surface area contributed by atoms with Gasteiger partial charge in [0, 0.05) is 30.8 Å². The molecular formula is C20H22ClN3O4. The maximum Gasteiger partial charge on any atom is 0.251 e. The summed E-state index contributed by atoms with van der Waals surface area (Å²) in [5, 5.41) is 7.40. The summed E-state index contributed by atoms with van der Waals surface area (Å²) >= 11 is 5.98. The Labute approximate surface area is 168 Å². The van der Waals surface area contributed by atoms with Crippen LogP contribution in [0.2, 0.25) is 5.02 Å². The number of rotatable bonds is 6. The highest BCUT2D eigenvalue weighted by atomic mass is 35.5. The van der Waals surface area contributed by atoms with E-state index >= 15 is 0 Å². The summed E-state index contributed by atoms with van der Waals surface area (Å²) in [5.41, 5.74) is 0.984. The van der Waals surface area contributed by atoms with Gasteiger partial charge in [-0.25, -0.2) is 0 Å². The summed E-state index contributed by atoms with van der Waals surface area (Å²) in [7, 11) is 0. The number of halogens is 1. The largest absolute Gasteiger partial charge is 0.368 e. The third-order valence-corrected chi connectivity index (χ3v) is 5.61. The van der Waals surface area contributed by atoms with Crippen molar-refractivity contribution in [1.29, 1.82) is 0 Å². The third kappa shape index (κ3) is 3.91. The third-order valence-electron chi connectivity index (χ3n) is 5.36. The summed E-state index contributed by atoms with van der Waals surface area (Å²) in [4.78, 5) is 27.4. The van der Waals surface area contributed by atoms with E-state index in [1.165, 1.54) is 6.26 Å². The lowest BCUT2D eigenvalue weighted by Gasteiger charge is -2.49. The van der Waals surface area contributed by atoms with Crippen LogP contribution in [0.3, 0.4) is 0 Å². The van der Waals surface area contributed by atoms with E-state index in [-0.39, 0.29) is 24.5 Å². The molecule has 2 aliphatic heterocycles. The van der Waals surface area contributed by atoms with Gasteiger partial charge in [-0.15, -0.1) is 0 Å². The summed E-state index contributed by atoms with van der Waals surface area (Å²) < 4.78 is 10.3. The molecule has 28 heavy (non-hydrogen) atoms. The molecule has 4 rings (SSSR count). The molecule has 7 nitrogen and oxygen atoms in total. The molecule has 0 unspecified atom stereocenters. The van der Waals surface area contributed by atoms with Crippen LogP contribution in [-0.2, 0) is 27.3 Å². The number of hydrogen-bond donors (Lipinski definition) is 1. The van der Waals surface area contributed by atoms with Crippen LogP contribution in [0.15, 0.2) is 41.1 Å². The molecule has 8 heteroatoms. The van der Waals surface area contributed by atoms with Crippen molar-refractivity contribution in [3.05, 3.63) is 52.9 Å². The van der Waals surface area contributed by atoms with Crippen LogP contribution < -0.4 is 5.32 Å². The Balaban J connectivity index is 1.46. The van der Waals surface area contributed by atoms with E-state index in [0.29, 0.717) is 36.8 Å². The molecule has 0 aliphatic carbocycles. The van der Waals surface area contributed by atoms with Gasteiger partial charge in [0.1, 0.15) is 18.1 Å². The molecule has 1 atom stereocenters. The normalized spacial score (nSPS) is 20.6. The second-order valence-corrected chi connectivity index (χ2v) is 7.89. The molecule has 2 saturated heterocycles. The maximum atomic E-state index is 13.0. The van der Waals surface area contributed by atoms with Crippen molar-refractivity contribution in [3.63, 3.8) is 0 Å². The highest BCUT2D eigenvalue weighted by Gasteiger charge is 2.52. The lowest BCUT2D eigenvalue weighted by Crippen LogP contribution is -2.66. The first kappa shape index (κ1) is 19.0. The van der Waals surface area contributed by atoms with E-state index in [4.69, 9.17) is 20.9 Å². The first-order chi connectivity index (χ1) is 13.6. The zero-order valence-corrected chi connectivity index (χ0v) is 16.2. The summed E-state index contributed by atoms with van der Waals surface area (Å²) in [5.74, 6) is -0.115. The lowest BCUT2D eigenvalue weighted by molar-refractivity contribution is -0.160. The Morgan fingerprint density at radius 2 is 2.04 bits per heavy atom. The number of hydrogen-bond acceptors (Lipinski definition) is 5. The summed E-state index contributed by atoms with van der Waals surface area (Å²) in [6, 6.07) is 9.16. The zero-order valence-electron chi connectivity index (χ0n) is 15.4. The highest BCUT2D eigenvalue weighted by Crippen LogP contribution is 2.36. The van der Waals surface area contributed by atoms with Crippen molar-refractivity contribution < 1.29 is 18.8 Å². The predicted molar refractivity (Wildman–Crippen MR) is 101 cm³/mol. The van der Waals surface area contributed by atoms with Gasteiger partial charge in [-0.3, -0.25) is 9.59 Å². The number of likely N-dealkylation sites (tertiary alicyclic amines) is 1. The molecule has 1 aromatic carbocycles. The second-order valence-electron chi connectivity index (χ2n) is 7.45. The van der Waals surface area contributed by atoms with E-state index in [1.54, 1.807) is 11.0 Å². The van der Waals surface area contributed by atoms with Crippen LogP contribution in [0.1, 0.15) is 24.1 Å². The van der Waals surface area contributed by atoms with E-state index in [2.05, 4.69) is 10.5 Å². The number of benzene rings is 1. The standard InChI is InChI=1S/C20H22ClN3O4/c21-15-5-3-14(4-6-15)10-20(19(26)22-11-16-7-9-28-23-16)12-24(13-20)18(25)17-2-1-8-27-17/h3-7,9,17H,1-2,8,10-13H2,(H,22,26)/t17-/m1/s1. The smallest absolute Gasteiger partial charge is 0.251 e. The molecule has 2 aromatic rings. The van der Waals surface area contributed by atoms with E-state index in [1.807, 2.05) is 24.3 Å². The van der Waals surface area contributed by atoms with Crippen molar-refractivity contribution in [2.24, 2.45) is 5.41 Å². The summed E-state index contributed by atoms with van der Waals surface area (Å²) in [6.07, 6.45) is 3.28. The number of nitrogens with one attached hydrogen (secondary N) is 1. The topological polar surface area (TPSA) is 84.7 Å². The summed E-state index contributed by atoms with van der Waals surface area (Å²) in [6.45, 7) is 1.66. The maximum absolute atomic E-state index is 13.0. The van der Waals surface area contributed by atoms with Gasteiger partial charge in [-0.05, 0) is 37.0 Å². The van der Waals surface area contributed by atoms with Gasteiger partial charge >= 0.3 is 0 Å². The number of aromatic nitrogens is 1. The lowest BCUT2D eigenvalue weighted by atomic mass is 9.73. The van der Waals surface area contributed by atoms with Crippen molar-refractivity contribution >= 4 is 23.4 Å². The zero-order chi connectivity index (χ0) is 19.6. The Morgan fingerprint density at radius 1 is 1.25 bits per heavy atom. The van der Waals surface area contributed by atoms with E-state index < -0.39 is 5.41 Å². The molecule has 148 valence electrons. The molecule has 0 bridgehead atoms. The van der Waals surface area contributed by atoms with Crippen molar-refractivity contribution in [2.75, 3.05) is 19.7 Å². The molecule has 0 saturated carbocycles. The number of amides is 2. The molecule has 3 heterocycles. The van der Waals surface area contributed by atoms with Crippen molar-refractivity contribution in [1.82, 2.24) is 15.4 Å². The van der Waals surface area contributed by atoms with Gasteiger partial charge in [-0.1, -0.05) is 28.9 Å². The fourth-order valence-corrected chi connectivity index (χ4v) is 3.96. The fraction of sp³-hybridized carbons (Fsp3) is 0.450. The Morgan fingerprint density at radius 3 is 2.68 bits per heavy atom. The van der Waals surface area contributed by atoms with Gasteiger partial charge in [0.05, 0.1) is 12.0 Å². The van der Waals surface area contributed by atoms with Crippen LogP contribution in [0.4, 0.5) is 0 Å². The van der Waals surface area contributed by atoms with Crippen LogP contribution in [0, 0.1) is 5.41 Å². The molecule has 1 N–H and O–H groups in total. The fourth-order valence-electron chi connectivity index (χ4n) is 3.83. The average Bonchev–Trinajstić information content (AvgIpc) is 3.37. The predicted octanol–water partition coefficient (Wildman–Crippen LogP) is 2.19. The van der Waals surface area contributed by atoms with Crippen LogP contribution >= 0.6 is 11.6 Å².